The van der Waals surface area contributed by atoms with Gasteiger partial charge in [0.1, 0.15) is 0 Å². The molecular formula is C15H16ClNO3. The number of carbonyl (C=O) groups is 2. The van der Waals surface area contributed by atoms with Gasteiger partial charge in [0.15, 0.2) is 0 Å². The molecule has 2 aliphatic heterocycles. The number of carbonyl (C=O) groups excluding carboxylic acids is 2. The number of anilines is 1. The summed E-state index contributed by atoms with van der Waals surface area (Å²) in [5.41, 5.74) is 0.873. The van der Waals surface area contributed by atoms with Crippen molar-refractivity contribution in [1.82, 2.24) is 0 Å². The van der Waals surface area contributed by atoms with Crippen molar-refractivity contribution in [3.8, 4) is 0 Å². The van der Waals surface area contributed by atoms with Gasteiger partial charge in [-0.15, -0.1) is 0 Å². The smallest absolute Gasteiger partial charge is 0.299 e. The molecule has 1 atom stereocenters. The predicted octanol–water partition coefficient (Wildman–Crippen LogP) is 2.83. The third kappa shape index (κ3) is 2.23. The van der Waals surface area contributed by atoms with Gasteiger partial charge in [0.2, 0.25) is 0 Å². The van der Waals surface area contributed by atoms with E-state index in [1.165, 1.54) is 4.90 Å². The number of rotatable bonds is 2. The molecule has 1 unspecified atom stereocenters. The molecule has 0 aliphatic carbocycles. The maximum Gasteiger partial charge on any atom is 0.299 e. The zero-order valence-electron chi connectivity index (χ0n) is 11.5. The molecule has 2 aliphatic rings. The van der Waals surface area contributed by atoms with Crippen LogP contribution < -0.4 is 4.90 Å². The molecule has 2 heterocycles. The average molecular weight is 294 g/mol. The number of ether oxygens (including phenoxy) is 1. The largest absolute Gasteiger partial charge is 0.370 e. The Hall–Kier alpha value is -1.39. The van der Waals surface area contributed by atoms with Crippen LogP contribution in [0.1, 0.15) is 37.0 Å². The SMILES string of the molecule is CC1(C)CCC(CN2C(=O)C(=O)c3cc(Cl)ccc32)O1. The first kappa shape index (κ1) is 13.6. The molecule has 0 spiro atoms. The predicted molar refractivity (Wildman–Crippen MR) is 76.3 cm³/mol. The Bertz CT molecular complexity index is 597. The molecular weight excluding hydrogens is 278 g/mol. The number of Topliss-reactive ketones (excluding diaryl/α,β-unsaturated/α-hetero) is 1. The number of fused-ring (bicyclic) bond motifs is 1. The lowest BCUT2D eigenvalue weighted by atomic mass is 10.1. The lowest BCUT2D eigenvalue weighted by Gasteiger charge is -2.23. The van der Waals surface area contributed by atoms with E-state index in [0.717, 1.165) is 12.8 Å². The maximum absolute atomic E-state index is 12.1. The second-order valence-electron chi connectivity index (χ2n) is 5.94. The molecule has 1 saturated heterocycles. The highest BCUT2D eigenvalue weighted by Gasteiger charge is 2.40. The maximum atomic E-state index is 12.1. The molecule has 1 aromatic rings. The van der Waals surface area contributed by atoms with Crippen LogP contribution in [0.2, 0.25) is 5.02 Å². The van der Waals surface area contributed by atoms with E-state index in [1.807, 2.05) is 13.8 Å². The first-order chi connectivity index (χ1) is 9.37. The van der Waals surface area contributed by atoms with Gasteiger partial charge in [0, 0.05) is 5.02 Å². The van der Waals surface area contributed by atoms with Crippen LogP contribution in [0.3, 0.4) is 0 Å². The Labute approximate surface area is 122 Å². The number of ketones is 1. The molecule has 3 rings (SSSR count). The minimum atomic E-state index is -0.490. The minimum Gasteiger partial charge on any atom is -0.370 e. The van der Waals surface area contributed by atoms with Crippen LogP contribution in [0, 0.1) is 0 Å². The Balaban J connectivity index is 1.85. The molecule has 1 fully saturated rings. The van der Waals surface area contributed by atoms with Gasteiger partial charge in [-0.2, -0.15) is 0 Å². The normalized spacial score (nSPS) is 24.4. The van der Waals surface area contributed by atoms with Gasteiger partial charge in [-0.1, -0.05) is 11.6 Å². The summed E-state index contributed by atoms with van der Waals surface area (Å²) in [6.07, 6.45) is 1.83. The molecule has 0 aromatic heterocycles. The summed E-state index contributed by atoms with van der Waals surface area (Å²) in [6, 6.07) is 4.97. The molecule has 5 heteroatoms. The molecule has 0 radical (unpaired) electrons. The molecule has 4 nitrogen and oxygen atoms in total. The molecule has 106 valence electrons. The van der Waals surface area contributed by atoms with Gasteiger partial charge in [-0.25, -0.2) is 0 Å². The van der Waals surface area contributed by atoms with Gasteiger partial charge < -0.3 is 9.64 Å². The number of halogens is 1. The van der Waals surface area contributed by atoms with Crippen LogP contribution >= 0.6 is 11.6 Å². The summed E-state index contributed by atoms with van der Waals surface area (Å²) < 4.78 is 5.90. The Kier molecular flexibility index (Phi) is 3.10. The van der Waals surface area contributed by atoms with Crippen molar-refractivity contribution in [2.75, 3.05) is 11.4 Å². The van der Waals surface area contributed by atoms with Gasteiger partial charge in [-0.3, -0.25) is 9.59 Å². The van der Waals surface area contributed by atoms with Crippen molar-refractivity contribution >= 4 is 29.0 Å². The zero-order chi connectivity index (χ0) is 14.5. The zero-order valence-corrected chi connectivity index (χ0v) is 12.2. The third-order valence-electron chi connectivity index (χ3n) is 3.87. The van der Waals surface area contributed by atoms with Gasteiger partial charge in [-0.05, 0) is 44.9 Å². The summed E-state index contributed by atoms with van der Waals surface area (Å²) in [7, 11) is 0. The van der Waals surface area contributed by atoms with Crippen molar-refractivity contribution in [2.24, 2.45) is 0 Å². The van der Waals surface area contributed by atoms with Crippen LogP contribution in [-0.2, 0) is 9.53 Å². The number of hydrogen-bond donors (Lipinski definition) is 0. The lowest BCUT2D eigenvalue weighted by molar-refractivity contribution is -0.114. The van der Waals surface area contributed by atoms with E-state index in [0.29, 0.717) is 22.8 Å². The van der Waals surface area contributed by atoms with Crippen LogP contribution in [0.15, 0.2) is 18.2 Å². The minimum absolute atomic E-state index is 0.0246. The van der Waals surface area contributed by atoms with Gasteiger partial charge in [0.05, 0.1) is 29.5 Å². The standard InChI is InChI=1S/C15H16ClNO3/c1-15(2)6-5-10(20-15)8-17-12-4-3-9(16)7-11(12)13(18)14(17)19/h3-4,7,10H,5-6,8H2,1-2H3. The fraction of sp³-hybridized carbons (Fsp3) is 0.467. The fourth-order valence-electron chi connectivity index (χ4n) is 2.86. The Morgan fingerprint density at radius 3 is 2.80 bits per heavy atom. The van der Waals surface area contributed by atoms with E-state index in [9.17, 15) is 9.59 Å². The van der Waals surface area contributed by atoms with E-state index >= 15 is 0 Å². The molecule has 1 amide bonds. The van der Waals surface area contributed by atoms with Crippen LogP contribution in [0.4, 0.5) is 5.69 Å². The fourth-order valence-corrected chi connectivity index (χ4v) is 3.04. The highest BCUT2D eigenvalue weighted by Crippen LogP contribution is 2.35. The number of hydrogen-bond acceptors (Lipinski definition) is 3. The van der Waals surface area contributed by atoms with Crippen molar-refractivity contribution in [2.45, 2.75) is 38.4 Å². The van der Waals surface area contributed by atoms with Crippen molar-refractivity contribution in [1.29, 1.82) is 0 Å². The van der Waals surface area contributed by atoms with E-state index < -0.39 is 11.7 Å². The third-order valence-corrected chi connectivity index (χ3v) is 4.11. The number of nitrogens with zero attached hydrogens (tertiary/aromatic N) is 1. The van der Waals surface area contributed by atoms with Crippen molar-refractivity contribution in [3.63, 3.8) is 0 Å². The Morgan fingerprint density at radius 2 is 2.15 bits per heavy atom. The number of amides is 1. The summed E-state index contributed by atoms with van der Waals surface area (Å²) in [5, 5.41) is 0.463. The summed E-state index contributed by atoms with van der Waals surface area (Å²) in [4.78, 5) is 25.6. The van der Waals surface area contributed by atoms with Crippen LogP contribution in [0.25, 0.3) is 0 Å². The second-order valence-corrected chi connectivity index (χ2v) is 6.38. The monoisotopic (exact) mass is 293 g/mol. The highest BCUT2D eigenvalue weighted by atomic mass is 35.5. The topological polar surface area (TPSA) is 46.6 Å². The van der Waals surface area contributed by atoms with Crippen LogP contribution in [-0.4, -0.2) is 29.9 Å². The first-order valence-electron chi connectivity index (χ1n) is 6.71. The quantitative estimate of drug-likeness (QED) is 0.788. The highest BCUT2D eigenvalue weighted by molar-refractivity contribution is 6.52. The first-order valence-corrected chi connectivity index (χ1v) is 7.09. The molecule has 0 saturated carbocycles. The van der Waals surface area contributed by atoms with Crippen molar-refractivity contribution in [3.05, 3.63) is 28.8 Å². The second kappa shape index (κ2) is 4.57. The molecule has 20 heavy (non-hydrogen) atoms. The lowest BCUT2D eigenvalue weighted by Crippen LogP contribution is -2.37. The van der Waals surface area contributed by atoms with E-state index in [4.69, 9.17) is 16.3 Å². The van der Waals surface area contributed by atoms with E-state index in [2.05, 4.69) is 0 Å². The summed E-state index contributed by atoms with van der Waals surface area (Å²) >= 11 is 5.89. The number of benzene rings is 1. The van der Waals surface area contributed by atoms with Crippen molar-refractivity contribution < 1.29 is 14.3 Å². The molecule has 1 aromatic carbocycles. The molecule has 0 bridgehead atoms. The molecule has 0 N–H and O–H groups in total. The van der Waals surface area contributed by atoms with Gasteiger partial charge >= 0.3 is 0 Å². The van der Waals surface area contributed by atoms with E-state index in [1.54, 1.807) is 18.2 Å². The Morgan fingerprint density at radius 1 is 1.40 bits per heavy atom. The summed E-state index contributed by atoms with van der Waals surface area (Å²) in [6.45, 7) is 4.50. The van der Waals surface area contributed by atoms with Gasteiger partial charge in [0.25, 0.3) is 11.7 Å². The summed E-state index contributed by atoms with van der Waals surface area (Å²) in [5.74, 6) is -0.977. The average Bonchev–Trinajstić information content (AvgIpc) is 2.83. The van der Waals surface area contributed by atoms with Crippen LogP contribution in [0.5, 0.6) is 0 Å². The van der Waals surface area contributed by atoms with E-state index in [-0.39, 0.29) is 11.7 Å².